The normalized spacial score (nSPS) is 11.4. The number of ether oxygens (including phenoxy) is 1. The van der Waals surface area contributed by atoms with E-state index in [0.717, 1.165) is 6.26 Å². The summed E-state index contributed by atoms with van der Waals surface area (Å²) in [7, 11) is 0. The first-order valence-corrected chi connectivity index (χ1v) is 2.25. The third-order valence-corrected chi connectivity index (χ3v) is 0.554. The minimum absolute atomic E-state index is 0.558. The maximum atomic E-state index is 8.18. The molecule has 0 aromatic rings. The van der Waals surface area contributed by atoms with Crippen LogP contribution in [0.25, 0.3) is 0 Å². The summed E-state index contributed by atoms with van der Waals surface area (Å²) in [5.41, 5.74) is 0. The molecule has 0 aromatic heterocycles. The second-order valence-corrected chi connectivity index (χ2v) is 1.17. The van der Waals surface area contributed by atoms with Gasteiger partial charge in [0.25, 0.3) is 0 Å². The number of allylic oxidation sites excluding steroid dienone is 1. The highest BCUT2D eigenvalue weighted by Gasteiger charge is 1.79. The van der Waals surface area contributed by atoms with Crippen LogP contribution in [0.1, 0.15) is 13.8 Å². The quantitative estimate of drug-likeness (QED) is 0.534. The van der Waals surface area contributed by atoms with Crippen molar-refractivity contribution < 1.29 is 9.84 Å². The molecule has 0 amide bonds. The molecule has 0 aromatic carbocycles. The second kappa shape index (κ2) is 3.53. The predicted molar refractivity (Wildman–Crippen MR) is 28.0 cm³/mol. The van der Waals surface area contributed by atoms with Crippen molar-refractivity contribution in [1.82, 2.24) is 0 Å². The Morgan fingerprint density at radius 2 is 2.43 bits per heavy atom. The summed E-state index contributed by atoms with van der Waals surface area (Å²) in [6.45, 7) is 4.18. The van der Waals surface area contributed by atoms with Crippen molar-refractivity contribution in [1.29, 1.82) is 0 Å². The molecular formula is C5H10O2. The molecule has 0 saturated carbocycles. The Balaban J connectivity index is 3.17. The van der Waals surface area contributed by atoms with Gasteiger partial charge >= 0.3 is 0 Å². The Kier molecular flexibility index (Phi) is 3.19. The number of hydrogen-bond donors (Lipinski definition) is 1. The zero-order chi connectivity index (χ0) is 5.70. The van der Waals surface area contributed by atoms with Gasteiger partial charge in [0, 0.05) is 0 Å². The summed E-state index contributed by atoms with van der Waals surface area (Å²) in [4.78, 5) is 0. The van der Waals surface area contributed by atoms with Crippen LogP contribution in [0.2, 0.25) is 0 Å². The summed E-state index contributed by atoms with van der Waals surface area (Å²) < 4.78 is 4.80. The molecule has 2 heteroatoms. The molecule has 0 rings (SSSR count). The van der Waals surface area contributed by atoms with Gasteiger partial charge in [-0.05, 0) is 13.8 Å². The number of rotatable bonds is 2. The highest BCUT2D eigenvalue weighted by Crippen LogP contribution is 1.89. The van der Waals surface area contributed by atoms with E-state index in [1.807, 2.05) is 6.92 Å². The minimum Gasteiger partial charge on any atom is -0.512 e. The fourth-order valence-electron chi connectivity index (χ4n) is 0.265. The zero-order valence-electron chi connectivity index (χ0n) is 4.64. The fraction of sp³-hybridized carbons (Fsp3) is 0.600. The molecule has 0 aliphatic rings. The lowest BCUT2D eigenvalue weighted by molar-refractivity contribution is 0.218. The third kappa shape index (κ3) is 3.16. The van der Waals surface area contributed by atoms with E-state index in [2.05, 4.69) is 0 Å². The molecule has 42 valence electrons. The highest BCUT2D eigenvalue weighted by atomic mass is 16.5. The lowest BCUT2D eigenvalue weighted by Crippen LogP contribution is -1.84. The van der Waals surface area contributed by atoms with Crippen molar-refractivity contribution in [2.75, 3.05) is 6.61 Å². The van der Waals surface area contributed by atoms with Gasteiger partial charge in [0.2, 0.25) is 0 Å². The summed E-state index contributed by atoms with van der Waals surface area (Å²) in [6.07, 6.45) is 0.948. The summed E-state index contributed by atoms with van der Waals surface area (Å²) in [5, 5.41) is 8.18. The van der Waals surface area contributed by atoms with Crippen molar-refractivity contribution in [2.24, 2.45) is 0 Å². The van der Waals surface area contributed by atoms with Gasteiger partial charge in [-0.2, -0.15) is 0 Å². The van der Waals surface area contributed by atoms with Gasteiger partial charge in [0.1, 0.15) is 12.0 Å². The molecule has 7 heavy (non-hydrogen) atoms. The Labute approximate surface area is 43.4 Å². The topological polar surface area (TPSA) is 29.5 Å². The average molecular weight is 102 g/mol. The van der Waals surface area contributed by atoms with E-state index in [1.165, 1.54) is 0 Å². The van der Waals surface area contributed by atoms with Crippen LogP contribution < -0.4 is 0 Å². The first-order valence-electron chi connectivity index (χ1n) is 2.25. The number of aliphatic hydroxyl groups is 1. The summed E-state index contributed by atoms with van der Waals surface area (Å²) in [6, 6.07) is 0. The Bertz CT molecular complexity index is 66.5. The van der Waals surface area contributed by atoms with E-state index in [-0.39, 0.29) is 0 Å². The molecule has 0 fully saturated rings. The van der Waals surface area contributed by atoms with E-state index in [4.69, 9.17) is 9.84 Å². The summed E-state index contributed by atoms with van der Waals surface area (Å²) in [5.74, 6) is 0.558. The molecule has 0 aliphatic heterocycles. The van der Waals surface area contributed by atoms with Crippen LogP contribution in [-0.4, -0.2) is 11.7 Å². The van der Waals surface area contributed by atoms with Gasteiger partial charge < -0.3 is 9.84 Å². The van der Waals surface area contributed by atoms with E-state index < -0.39 is 0 Å². The largest absolute Gasteiger partial charge is 0.512 e. The molecule has 2 nitrogen and oxygen atoms in total. The van der Waals surface area contributed by atoms with Gasteiger partial charge in [-0.25, -0.2) is 0 Å². The molecule has 0 aliphatic carbocycles. The maximum Gasteiger partial charge on any atom is 0.127 e. The Morgan fingerprint density at radius 1 is 1.86 bits per heavy atom. The molecule has 0 atom stereocenters. The average Bonchev–Trinajstić information content (AvgIpc) is 1.68. The predicted octanol–water partition coefficient (Wildman–Crippen LogP) is 1.44. The van der Waals surface area contributed by atoms with Crippen LogP contribution in [-0.2, 0) is 4.74 Å². The van der Waals surface area contributed by atoms with Crippen molar-refractivity contribution >= 4 is 0 Å². The van der Waals surface area contributed by atoms with Crippen molar-refractivity contribution in [2.45, 2.75) is 13.8 Å². The molecule has 0 spiro atoms. The van der Waals surface area contributed by atoms with Crippen LogP contribution >= 0.6 is 0 Å². The molecule has 0 saturated heterocycles. The first kappa shape index (κ1) is 6.34. The van der Waals surface area contributed by atoms with E-state index >= 15 is 0 Å². The van der Waals surface area contributed by atoms with E-state index in [9.17, 15) is 0 Å². The Hall–Kier alpha value is -0.660. The van der Waals surface area contributed by atoms with Gasteiger partial charge in [0.15, 0.2) is 0 Å². The molecule has 0 unspecified atom stereocenters. The lowest BCUT2D eigenvalue weighted by Gasteiger charge is -1.96. The van der Waals surface area contributed by atoms with Gasteiger partial charge in [-0.1, -0.05) is 0 Å². The summed E-state index contributed by atoms with van der Waals surface area (Å²) >= 11 is 0. The molecule has 0 radical (unpaired) electrons. The maximum absolute atomic E-state index is 8.18. The molecular weight excluding hydrogens is 92.1 g/mol. The smallest absolute Gasteiger partial charge is 0.127 e. The van der Waals surface area contributed by atoms with E-state index in [1.54, 1.807) is 6.92 Å². The van der Waals surface area contributed by atoms with Gasteiger partial charge in [-0.3, -0.25) is 0 Å². The second-order valence-electron chi connectivity index (χ2n) is 1.17. The van der Waals surface area contributed by atoms with Crippen LogP contribution in [0, 0.1) is 0 Å². The fourth-order valence-corrected chi connectivity index (χ4v) is 0.265. The van der Waals surface area contributed by atoms with Crippen molar-refractivity contribution in [3.8, 4) is 0 Å². The Morgan fingerprint density at radius 3 is 2.57 bits per heavy atom. The third-order valence-electron chi connectivity index (χ3n) is 0.554. The SMILES string of the molecule is CCO/C(C)=C\O. The van der Waals surface area contributed by atoms with Crippen LogP contribution in [0.5, 0.6) is 0 Å². The molecule has 0 heterocycles. The zero-order valence-corrected chi connectivity index (χ0v) is 4.64. The van der Waals surface area contributed by atoms with Crippen LogP contribution in [0.15, 0.2) is 12.0 Å². The van der Waals surface area contributed by atoms with Crippen LogP contribution in [0.4, 0.5) is 0 Å². The first-order chi connectivity index (χ1) is 3.31. The van der Waals surface area contributed by atoms with Gasteiger partial charge in [0.05, 0.1) is 6.61 Å². The van der Waals surface area contributed by atoms with Crippen molar-refractivity contribution in [3.63, 3.8) is 0 Å². The van der Waals surface area contributed by atoms with Gasteiger partial charge in [-0.15, -0.1) is 0 Å². The molecule has 0 bridgehead atoms. The number of hydrogen-bond acceptors (Lipinski definition) is 2. The lowest BCUT2D eigenvalue weighted by atomic mass is 10.6. The van der Waals surface area contributed by atoms with E-state index in [0.29, 0.717) is 12.4 Å². The van der Waals surface area contributed by atoms with Crippen molar-refractivity contribution in [3.05, 3.63) is 12.0 Å². The highest BCUT2D eigenvalue weighted by molar-refractivity contribution is 4.78. The number of aliphatic hydroxyl groups excluding tert-OH is 1. The van der Waals surface area contributed by atoms with Crippen LogP contribution in [0.3, 0.4) is 0 Å². The monoisotopic (exact) mass is 102 g/mol. The standard InChI is InChI=1S/C5H10O2/c1-3-7-5(2)4-6/h4,6H,3H2,1-2H3/b5-4-. The molecule has 1 N–H and O–H groups in total. The minimum atomic E-state index is 0.558.